The van der Waals surface area contributed by atoms with E-state index in [0.717, 1.165) is 17.7 Å². The van der Waals surface area contributed by atoms with E-state index in [0.29, 0.717) is 6.42 Å². The molecule has 0 saturated heterocycles. The van der Waals surface area contributed by atoms with Crippen molar-refractivity contribution in [1.82, 2.24) is 0 Å². The van der Waals surface area contributed by atoms with Gasteiger partial charge in [0, 0.05) is 23.4 Å². The highest BCUT2D eigenvalue weighted by Gasteiger charge is 2.20. The largest absolute Gasteiger partial charge is 0.396 e. The predicted octanol–water partition coefficient (Wildman–Crippen LogP) is 2.85. The zero-order chi connectivity index (χ0) is 12.9. The Morgan fingerprint density at radius 1 is 1.35 bits per heavy atom. The summed E-state index contributed by atoms with van der Waals surface area (Å²) in [6.07, 6.45) is 1.64. The topological polar surface area (TPSA) is 49.3 Å². The van der Waals surface area contributed by atoms with Gasteiger partial charge >= 0.3 is 0 Å². The van der Waals surface area contributed by atoms with E-state index in [1.165, 1.54) is 0 Å². The minimum absolute atomic E-state index is 0.0742. The summed E-state index contributed by atoms with van der Waals surface area (Å²) in [6, 6.07) is 7.45. The highest BCUT2D eigenvalue weighted by molar-refractivity contribution is 5.94. The molecule has 0 aliphatic carbocycles. The molecule has 0 spiro atoms. The van der Waals surface area contributed by atoms with E-state index >= 15 is 0 Å². The van der Waals surface area contributed by atoms with Crippen molar-refractivity contribution in [2.24, 2.45) is 0 Å². The molecule has 1 rings (SSSR count). The van der Waals surface area contributed by atoms with Gasteiger partial charge in [-0.05, 0) is 51.0 Å². The maximum atomic E-state index is 11.1. The average Bonchev–Trinajstić information content (AvgIpc) is 2.30. The lowest BCUT2D eigenvalue weighted by molar-refractivity contribution is 0.101. The minimum Gasteiger partial charge on any atom is -0.396 e. The molecule has 17 heavy (non-hydrogen) atoms. The second kappa shape index (κ2) is 5.82. The van der Waals surface area contributed by atoms with Crippen LogP contribution in [0.1, 0.15) is 44.0 Å². The summed E-state index contributed by atoms with van der Waals surface area (Å²) in [7, 11) is 0. The first-order valence-electron chi connectivity index (χ1n) is 6.01. The number of rotatable bonds is 6. The van der Waals surface area contributed by atoms with Crippen LogP contribution in [0, 0.1) is 0 Å². The summed E-state index contributed by atoms with van der Waals surface area (Å²) in [6.45, 7) is 5.90. The number of hydrogen-bond donors (Lipinski definition) is 2. The third-order valence-electron chi connectivity index (χ3n) is 3.18. The fourth-order valence-corrected chi connectivity index (χ4v) is 1.71. The van der Waals surface area contributed by atoms with Crippen molar-refractivity contribution < 1.29 is 9.90 Å². The highest BCUT2D eigenvalue weighted by Crippen LogP contribution is 2.22. The molecular formula is C14H21NO2. The zero-order valence-corrected chi connectivity index (χ0v) is 10.8. The van der Waals surface area contributed by atoms with Gasteiger partial charge < -0.3 is 10.4 Å². The number of Topliss-reactive ketones (excluding diaryl/α,β-unsaturated/α-hetero) is 1. The van der Waals surface area contributed by atoms with Crippen LogP contribution in [0.4, 0.5) is 5.69 Å². The maximum Gasteiger partial charge on any atom is 0.159 e. The summed E-state index contributed by atoms with van der Waals surface area (Å²) in [5, 5.41) is 12.4. The van der Waals surface area contributed by atoms with Crippen LogP contribution in [-0.2, 0) is 0 Å². The Bertz CT molecular complexity index is 372. The first kappa shape index (κ1) is 13.7. The Balaban J connectivity index is 2.77. The maximum absolute atomic E-state index is 11.1. The van der Waals surface area contributed by atoms with Crippen LogP contribution in [0.5, 0.6) is 0 Å². The molecule has 1 aromatic carbocycles. The lowest BCUT2D eigenvalue weighted by Gasteiger charge is -2.30. The first-order chi connectivity index (χ1) is 8.00. The normalized spacial score (nSPS) is 14.1. The summed E-state index contributed by atoms with van der Waals surface area (Å²) in [4.78, 5) is 11.1. The van der Waals surface area contributed by atoms with Crippen LogP contribution in [-0.4, -0.2) is 23.0 Å². The van der Waals surface area contributed by atoms with E-state index in [4.69, 9.17) is 5.11 Å². The predicted molar refractivity (Wildman–Crippen MR) is 70.5 cm³/mol. The molecule has 2 N–H and O–H groups in total. The van der Waals surface area contributed by atoms with Crippen molar-refractivity contribution >= 4 is 11.5 Å². The summed E-state index contributed by atoms with van der Waals surface area (Å²) in [5.74, 6) is 0.0742. The SMILES string of the molecule is CCC(C)(CCO)Nc1ccc(C(C)=O)cc1. The minimum atomic E-state index is -0.105. The van der Waals surface area contributed by atoms with Crippen molar-refractivity contribution in [3.8, 4) is 0 Å². The number of aliphatic hydroxyl groups is 1. The van der Waals surface area contributed by atoms with Crippen molar-refractivity contribution in [2.45, 2.75) is 39.2 Å². The van der Waals surface area contributed by atoms with Gasteiger partial charge in [-0.3, -0.25) is 4.79 Å². The fourth-order valence-electron chi connectivity index (χ4n) is 1.71. The van der Waals surface area contributed by atoms with Crippen molar-refractivity contribution in [3.63, 3.8) is 0 Å². The van der Waals surface area contributed by atoms with Crippen molar-refractivity contribution in [1.29, 1.82) is 0 Å². The molecule has 3 heteroatoms. The van der Waals surface area contributed by atoms with E-state index < -0.39 is 0 Å². The van der Waals surface area contributed by atoms with Gasteiger partial charge in [0.05, 0.1) is 0 Å². The Morgan fingerprint density at radius 2 is 1.94 bits per heavy atom. The molecule has 0 bridgehead atoms. The molecular weight excluding hydrogens is 214 g/mol. The number of hydrogen-bond acceptors (Lipinski definition) is 3. The Hall–Kier alpha value is -1.35. The molecule has 0 heterocycles. The number of anilines is 1. The second-order valence-electron chi connectivity index (χ2n) is 4.65. The van der Waals surface area contributed by atoms with E-state index in [2.05, 4.69) is 19.2 Å². The zero-order valence-electron chi connectivity index (χ0n) is 10.8. The van der Waals surface area contributed by atoms with Gasteiger partial charge in [-0.1, -0.05) is 6.92 Å². The van der Waals surface area contributed by atoms with Crippen molar-refractivity contribution in [2.75, 3.05) is 11.9 Å². The van der Waals surface area contributed by atoms with Gasteiger partial charge in [0.15, 0.2) is 5.78 Å². The second-order valence-corrected chi connectivity index (χ2v) is 4.65. The Kier molecular flexibility index (Phi) is 4.70. The monoisotopic (exact) mass is 235 g/mol. The van der Waals surface area contributed by atoms with Crippen LogP contribution < -0.4 is 5.32 Å². The molecule has 0 fully saturated rings. The highest BCUT2D eigenvalue weighted by atomic mass is 16.3. The van der Waals surface area contributed by atoms with E-state index in [1.807, 2.05) is 24.3 Å². The molecule has 94 valence electrons. The molecule has 1 aromatic rings. The molecule has 0 aliphatic rings. The van der Waals surface area contributed by atoms with E-state index in [1.54, 1.807) is 6.92 Å². The van der Waals surface area contributed by atoms with Crippen LogP contribution in [0.2, 0.25) is 0 Å². The number of benzene rings is 1. The van der Waals surface area contributed by atoms with Crippen LogP contribution in [0.25, 0.3) is 0 Å². The number of ketones is 1. The summed E-state index contributed by atoms with van der Waals surface area (Å²) < 4.78 is 0. The molecule has 0 aliphatic heterocycles. The van der Waals surface area contributed by atoms with Crippen LogP contribution in [0.15, 0.2) is 24.3 Å². The van der Waals surface area contributed by atoms with E-state index in [-0.39, 0.29) is 17.9 Å². The smallest absolute Gasteiger partial charge is 0.159 e. The quantitative estimate of drug-likeness (QED) is 0.745. The Morgan fingerprint density at radius 3 is 2.35 bits per heavy atom. The van der Waals surface area contributed by atoms with E-state index in [9.17, 15) is 4.79 Å². The van der Waals surface area contributed by atoms with Crippen LogP contribution in [0.3, 0.4) is 0 Å². The molecule has 0 radical (unpaired) electrons. The lowest BCUT2D eigenvalue weighted by Crippen LogP contribution is -2.34. The summed E-state index contributed by atoms with van der Waals surface area (Å²) >= 11 is 0. The number of aliphatic hydroxyl groups excluding tert-OH is 1. The third kappa shape index (κ3) is 3.86. The van der Waals surface area contributed by atoms with Gasteiger partial charge in [0.25, 0.3) is 0 Å². The fraction of sp³-hybridized carbons (Fsp3) is 0.500. The number of carbonyl (C=O) groups is 1. The number of carbonyl (C=O) groups excluding carboxylic acids is 1. The van der Waals surface area contributed by atoms with Gasteiger partial charge in [0.1, 0.15) is 0 Å². The molecule has 0 amide bonds. The average molecular weight is 235 g/mol. The Labute approximate surface area is 103 Å². The van der Waals surface area contributed by atoms with Crippen molar-refractivity contribution in [3.05, 3.63) is 29.8 Å². The molecule has 0 saturated carbocycles. The molecule has 0 aromatic heterocycles. The lowest BCUT2D eigenvalue weighted by atomic mass is 9.94. The van der Waals surface area contributed by atoms with Gasteiger partial charge in [-0.2, -0.15) is 0 Å². The molecule has 1 atom stereocenters. The standard InChI is InChI=1S/C14H21NO2/c1-4-14(3,9-10-16)15-13-7-5-12(6-8-13)11(2)17/h5-8,15-16H,4,9-10H2,1-3H3. The number of nitrogens with one attached hydrogen (secondary N) is 1. The molecule has 1 unspecified atom stereocenters. The van der Waals surface area contributed by atoms with Gasteiger partial charge in [-0.15, -0.1) is 0 Å². The first-order valence-corrected chi connectivity index (χ1v) is 6.01. The molecule has 3 nitrogen and oxygen atoms in total. The third-order valence-corrected chi connectivity index (χ3v) is 3.18. The summed E-state index contributed by atoms with van der Waals surface area (Å²) in [5.41, 5.74) is 1.59. The van der Waals surface area contributed by atoms with Gasteiger partial charge in [0.2, 0.25) is 0 Å². The van der Waals surface area contributed by atoms with Gasteiger partial charge in [-0.25, -0.2) is 0 Å². The van der Waals surface area contributed by atoms with Crippen LogP contribution >= 0.6 is 0 Å².